The van der Waals surface area contributed by atoms with Crippen LogP contribution in [0.25, 0.3) is 0 Å². The van der Waals surface area contributed by atoms with Crippen LogP contribution in [0.5, 0.6) is 0 Å². The first kappa shape index (κ1) is 15.9. The van der Waals surface area contributed by atoms with E-state index >= 15 is 0 Å². The van der Waals surface area contributed by atoms with Crippen LogP contribution in [-0.4, -0.2) is 29.9 Å². The van der Waals surface area contributed by atoms with Gasteiger partial charge in [0.1, 0.15) is 5.82 Å². The number of likely N-dealkylation sites (N-methyl/N-ethyl adjacent to an activating group) is 1. The third-order valence-corrected chi connectivity index (χ3v) is 3.29. The third kappa shape index (κ3) is 4.48. The van der Waals surface area contributed by atoms with Gasteiger partial charge in [-0.05, 0) is 32.9 Å². The van der Waals surface area contributed by atoms with Crippen LogP contribution in [-0.2, 0) is 11.3 Å². The Kier molecular flexibility index (Phi) is 6.25. The predicted molar refractivity (Wildman–Crippen MR) is 75.6 cm³/mol. The molecule has 1 atom stereocenters. The van der Waals surface area contributed by atoms with Crippen molar-refractivity contribution < 1.29 is 9.18 Å². The Morgan fingerprint density at radius 1 is 1.42 bits per heavy atom. The fourth-order valence-corrected chi connectivity index (χ4v) is 1.98. The Bertz CT molecular complexity index is 435. The number of carbonyl (C=O) groups is 1. The maximum Gasteiger partial charge on any atom is 0.239 e. The van der Waals surface area contributed by atoms with E-state index in [0.29, 0.717) is 30.2 Å². The van der Waals surface area contributed by atoms with E-state index in [-0.39, 0.29) is 17.8 Å². The van der Waals surface area contributed by atoms with E-state index in [1.54, 1.807) is 24.0 Å². The first-order chi connectivity index (χ1) is 8.99. The van der Waals surface area contributed by atoms with Crippen molar-refractivity contribution in [2.75, 3.05) is 13.1 Å². The summed E-state index contributed by atoms with van der Waals surface area (Å²) in [5.41, 5.74) is 0.503. The van der Waals surface area contributed by atoms with Crippen LogP contribution in [0.3, 0.4) is 0 Å². The van der Waals surface area contributed by atoms with Gasteiger partial charge in [-0.25, -0.2) is 4.39 Å². The lowest BCUT2D eigenvalue weighted by molar-refractivity contribution is -0.132. The highest BCUT2D eigenvalue weighted by molar-refractivity contribution is 6.30. The highest BCUT2D eigenvalue weighted by Gasteiger charge is 2.17. The second-order valence-electron chi connectivity index (χ2n) is 4.35. The predicted octanol–water partition coefficient (Wildman–Crippen LogP) is 2.83. The summed E-state index contributed by atoms with van der Waals surface area (Å²) in [6.07, 6.45) is 0. The summed E-state index contributed by atoms with van der Waals surface area (Å²) in [6, 6.07) is 4.20. The molecular weight excluding hydrogens is 267 g/mol. The van der Waals surface area contributed by atoms with Crippen molar-refractivity contribution in [2.24, 2.45) is 0 Å². The van der Waals surface area contributed by atoms with Gasteiger partial charge >= 0.3 is 0 Å². The average Bonchev–Trinajstić information content (AvgIpc) is 2.38. The Morgan fingerprint density at radius 2 is 2.05 bits per heavy atom. The molecule has 0 aliphatic heterocycles. The van der Waals surface area contributed by atoms with Gasteiger partial charge in [-0.15, -0.1) is 0 Å². The Morgan fingerprint density at radius 3 is 2.58 bits per heavy atom. The molecule has 0 saturated heterocycles. The summed E-state index contributed by atoms with van der Waals surface area (Å²) < 4.78 is 13.6. The van der Waals surface area contributed by atoms with Crippen molar-refractivity contribution in [1.29, 1.82) is 0 Å². The summed E-state index contributed by atoms with van der Waals surface area (Å²) in [7, 11) is 0. The first-order valence-electron chi connectivity index (χ1n) is 6.45. The molecule has 0 fully saturated rings. The summed E-state index contributed by atoms with van der Waals surface area (Å²) in [5, 5.41) is 3.40. The molecule has 1 aromatic rings. The van der Waals surface area contributed by atoms with E-state index < -0.39 is 0 Å². The molecule has 106 valence electrons. The van der Waals surface area contributed by atoms with Crippen LogP contribution >= 0.6 is 11.6 Å². The molecule has 0 spiro atoms. The maximum atomic E-state index is 13.6. The lowest BCUT2D eigenvalue weighted by atomic mass is 10.2. The molecule has 1 N–H and O–H groups in total. The number of rotatable bonds is 6. The van der Waals surface area contributed by atoms with Gasteiger partial charge in [0, 0.05) is 30.2 Å². The molecule has 19 heavy (non-hydrogen) atoms. The van der Waals surface area contributed by atoms with E-state index in [0.717, 1.165) is 0 Å². The molecule has 0 heterocycles. The van der Waals surface area contributed by atoms with Gasteiger partial charge in [-0.3, -0.25) is 4.79 Å². The molecule has 3 nitrogen and oxygen atoms in total. The van der Waals surface area contributed by atoms with E-state index in [9.17, 15) is 9.18 Å². The van der Waals surface area contributed by atoms with Crippen molar-refractivity contribution in [3.63, 3.8) is 0 Å². The molecule has 1 aromatic carbocycles. The van der Waals surface area contributed by atoms with Crippen molar-refractivity contribution in [2.45, 2.75) is 33.4 Å². The molecule has 0 aliphatic carbocycles. The summed E-state index contributed by atoms with van der Waals surface area (Å²) in [5.74, 6) is -0.332. The minimum absolute atomic E-state index is 0.0272. The van der Waals surface area contributed by atoms with Crippen molar-refractivity contribution in [1.82, 2.24) is 10.2 Å². The number of nitrogens with zero attached hydrogens (tertiary/aromatic N) is 1. The summed E-state index contributed by atoms with van der Waals surface area (Å²) in [6.45, 7) is 7.32. The van der Waals surface area contributed by atoms with Gasteiger partial charge in [-0.2, -0.15) is 0 Å². The fourth-order valence-electron chi connectivity index (χ4n) is 1.82. The lowest BCUT2D eigenvalue weighted by Gasteiger charge is -2.23. The SMILES string of the molecule is CCN(CC)C(=O)C(C)NCc1ccc(Cl)cc1F. The van der Waals surface area contributed by atoms with Gasteiger partial charge < -0.3 is 10.2 Å². The average molecular weight is 287 g/mol. The Labute approximate surface area is 118 Å². The molecule has 0 aromatic heterocycles. The largest absolute Gasteiger partial charge is 0.342 e. The van der Waals surface area contributed by atoms with E-state index in [2.05, 4.69) is 5.32 Å². The highest BCUT2D eigenvalue weighted by atomic mass is 35.5. The molecule has 0 aliphatic rings. The van der Waals surface area contributed by atoms with Gasteiger partial charge in [0.2, 0.25) is 5.91 Å². The zero-order chi connectivity index (χ0) is 14.4. The summed E-state index contributed by atoms with van der Waals surface area (Å²) >= 11 is 5.69. The highest BCUT2D eigenvalue weighted by Crippen LogP contribution is 2.14. The van der Waals surface area contributed by atoms with Gasteiger partial charge in [0.05, 0.1) is 6.04 Å². The van der Waals surface area contributed by atoms with Crippen LogP contribution in [0.1, 0.15) is 26.3 Å². The second-order valence-corrected chi connectivity index (χ2v) is 4.79. The molecule has 0 radical (unpaired) electrons. The summed E-state index contributed by atoms with van der Waals surface area (Å²) in [4.78, 5) is 13.8. The van der Waals surface area contributed by atoms with Crippen molar-refractivity contribution in [3.8, 4) is 0 Å². The molecule has 0 bridgehead atoms. The number of carbonyl (C=O) groups excluding carboxylic acids is 1. The van der Waals surface area contributed by atoms with Crippen molar-refractivity contribution in [3.05, 3.63) is 34.6 Å². The molecule has 1 rings (SSSR count). The fraction of sp³-hybridized carbons (Fsp3) is 0.500. The topological polar surface area (TPSA) is 32.3 Å². The molecule has 0 saturated carbocycles. The lowest BCUT2D eigenvalue weighted by Crippen LogP contribution is -2.44. The van der Waals surface area contributed by atoms with Gasteiger partial charge in [0.25, 0.3) is 0 Å². The number of nitrogens with one attached hydrogen (secondary N) is 1. The molecule has 1 unspecified atom stereocenters. The first-order valence-corrected chi connectivity index (χ1v) is 6.83. The van der Waals surface area contributed by atoms with E-state index in [1.807, 2.05) is 13.8 Å². The number of hydrogen-bond acceptors (Lipinski definition) is 2. The van der Waals surface area contributed by atoms with Gasteiger partial charge in [0.15, 0.2) is 0 Å². The zero-order valence-corrected chi connectivity index (χ0v) is 12.3. The number of amides is 1. The smallest absolute Gasteiger partial charge is 0.239 e. The zero-order valence-electron chi connectivity index (χ0n) is 11.5. The van der Waals surface area contributed by atoms with Crippen LogP contribution in [0, 0.1) is 5.82 Å². The minimum Gasteiger partial charge on any atom is -0.342 e. The van der Waals surface area contributed by atoms with E-state index in [4.69, 9.17) is 11.6 Å². The second kappa shape index (κ2) is 7.46. The standard InChI is InChI=1S/C14H20ClFN2O/c1-4-18(5-2)14(19)10(3)17-9-11-6-7-12(15)8-13(11)16/h6-8,10,17H,4-5,9H2,1-3H3. The van der Waals surface area contributed by atoms with Crippen LogP contribution in [0.2, 0.25) is 5.02 Å². The molecular formula is C14H20ClFN2O. The monoisotopic (exact) mass is 286 g/mol. The van der Waals surface area contributed by atoms with E-state index in [1.165, 1.54) is 6.07 Å². The molecule has 1 amide bonds. The Hall–Kier alpha value is -1.13. The Balaban J connectivity index is 2.58. The third-order valence-electron chi connectivity index (χ3n) is 3.06. The maximum absolute atomic E-state index is 13.6. The molecule has 5 heteroatoms. The normalized spacial score (nSPS) is 12.3. The number of benzene rings is 1. The number of hydrogen-bond donors (Lipinski definition) is 1. The van der Waals surface area contributed by atoms with Crippen LogP contribution in [0.15, 0.2) is 18.2 Å². The minimum atomic E-state index is -0.359. The van der Waals surface area contributed by atoms with Crippen molar-refractivity contribution >= 4 is 17.5 Å². The van der Waals surface area contributed by atoms with Crippen LogP contribution in [0.4, 0.5) is 4.39 Å². The quantitative estimate of drug-likeness (QED) is 0.872. The van der Waals surface area contributed by atoms with Crippen LogP contribution < -0.4 is 5.32 Å². The van der Waals surface area contributed by atoms with Gasteiger partial charge in [-0.1, -0.05) is 17.7 Å². The number of halogens is 2.